The Morgan fingerprint density at radius 3 is 1.66 bits per heavy atom. The normalized spacial score (nSPS) is 12.9. The van der Waals surface area contributed by atoms with Crippen molar-refractivity contribution in [3.63, 3.8) is 0 Å². The van der Waals surface area contributed by atoms with Gasteiger partial charge in [0, 0.05) is 38.9 Å². The van der Waals surface area contributed by atoms with Crippen LogP contribution in [0.5, 0.6) is 0 Å². The average Bonchev–Trinajstić information content (AvgIpc) is 3.80. The van der Waals surface area contributed by atoms with Crippen LogP contribution in [0.4, 0.5) is 17.1 Å². The highest BCUT2D eigenvalue weighted by atomic mass is 15.1. The quantitative estimate of drug-likeness (QED) is 0.164. The monoisotopic (exact) mass is 750 g/mol. The molecule has 0 saturated carbocycles. The molecule has 0 fully saturated rings. The van der Waals surface area contributed by atoms with Crippen molar-refractivity contribution in [1.29, 1.82) is 0 Å². The van der Waals surface area contributed by atoms with Crippen LogP contribution >= 0.6 is 0 Å². The lowest BCUT2D eigenvalue weighted by Crippen LogP contribution is -2.28. The van der Waals surface area contributed by atoms with Gasteiger partial charge < -0.3 is 9.47 Å². The van der Waals surface area contributed by atoms with Crippen LogP contribution in [0.1, 0.15) is 22.3 Å². The molecule has 0 saturated heterocycles. The van der Waals surface area contributed by atoms with Crippen LogP contribution in [0.15, 0.2) is 231 Å². The highest BCUT2D eigenvalue weighted by Gasteiger charge is 2.46. The predicted octanol–water partition coefficient (Wildman–Crippen LogP) is 14.9. The first-order valence-electron chi connectivity index (χ1n) is 20.4. The van der Waals surface area contributed by atoms with E-state index in [9.17, 15) is 0 Å². The SMILES string of the molecule is c1ccc(-n2c3cc(N(c4ccc5c(c4)C(c4ccccc4)(c4ccccc4)c4ccccc4-5)c4ccc5ccccc5c4)ccc3c3ccc4ccccc4c32)cc1. The maximum atomic E-state index is 2.47. The third kappa shape index (κ3) is 5.00. The van der Waals surface area contributed by atoms with Gasteiger partial charge >= 0.3 is 0 Å². The van der Waals surface area contributed by atoms with Gasteiger partial charge in [0.2, 0.25) is 0 Å². The van der Waals surface area contributed by atoms with Gasteiger partial charge in [0.25, 0.3) is 0 Å². The summed E-state index contributed by atoms with van der Waals surface area (Å²) in [6, 6.07) is 85.0. The second kappa shape index (κ2) is 13.2. The molecule has 0 bridgehead atoms. The van der Waals surface area contributed by atoms with Crippen molar-refractivity contribution in [2.75, 3.05) is 4.90 Å². The molecule has 11 aromatic rings. The lowest BCUT2D eigenvalue weighted by Gasteiger charge is -2.35. The molecule has 276 valence electrons. The summed E-state index contributed by atoms with van der Waals surface area (Å²) in [4.78, 5) is 2.46. The summed E-state index contributed by atoms with van der Waals surface area (Å²) in [6.07, 6.45) is 0. The third-order valence-electron chi connectivity index (χ3n) is 12.6. The zero-order valence-electron chi connectivity index (χ0n) is 32.3. The summed E-state index contributed by atoms with van der Waals surface area (Å²) in [7, 11) is 0. The predicted molar refractivity (Wildman–Crippen MR) is 248 cm³/mol. The first-order chi connectivity index (χ1) is 29.3. The number of aromatic nitrogens is 1. The Kier molecular flexibility index (Phi) is 7.48. The van der Waals surface area contributed by atoms with Crippen LogP contribution in [-0.2, 0) is 5.41 Å². The molecule has 1 aliphatic carbocycles. The standard InChI is InChI=1S/C57H38N2/c1-4-19-42(20-5-1)57(43-21-6-2-7-22-43)53-27-15-14-26-49(53)50-34-31-46(37-54(50)57)58(45-30-28-39-16-10-11-18-41(39)36-45)47-32-35-51-52-33-29-40-17-12-13-25-48(40)56(52)59(55(51)38-47)44-23-8-3-9-24-44/h1-38H. The maximum absolute atomic E-state index is 2.47. The molecule has 0 unspecified atom stereocenters. The second-order valence-corrected chi connectivity index (χ2v) is 15.7. The summed E-state index contributed by atoms with van der Waals surface area (Å²) in [5.74, 6) is 0. The largest absolute Gasteiger partial charge is 0.310 e. The molecule has 0 amide bonds. The number of hydrogen-bond acceptors (Lipinski definition) is 1. The maximum Gasteiger partial charge on any atom is 0.0714 e. The average molecular weight is 751 g/mol. The van der Waals surface area contributed by atoms with Crippen LogP contribution in [0.25, 0.3) is 60.2 Å². The molecule has 0 atom stereocenters. The van der Waals surface area contributed by atoms with Crippen molar-refractivity contribution in [3.05, 3.63) is 253 Å². The van der Waals surface area contributed by atoms with Crippen LogP contribution in [0, 0.1) is 0 Å². The number of anilines is 3. The Hall–Kier alpha value is -7.68. The van der Waals surface area contributed by atoms with E-state index in [2.05, 4.69) is 240 Å². The summed E-state index contributed by atoms with van der Waals surface area (Å²) >= 11 is 0. The highest BCUT2D eigenvalue weighted by Crippen LogP contribution is 2.57. The van der Waals surface area contributed by atoms with Gasteiger partial charge in [-0.15, -0.1) is 0 Å². The van der Waals surface area contributed by atoms with E-state index in [1.165, 1.54) is 76.7 Å². The Morgan fingerprint density at radius 1 is 0.339 bits per heavy atom. The minimum Gasteiger partial charge on any atom is -0.310 e. The van der Waals surface area contributed by atoms with Crippen molar-refractivity contribution in [3.8, 4) is 16.8 Å². The van der Waals surface area contributed by atoms with E-state index in [1.54, 1.807) is 0 Å². The minimum absolute atomic E-state index is 0.510. The lowest BCUT2D eigenvalue weighted by molar-refractivity contribution is 0.768. The molecule has 0 radical (unpaired) electrons. The zero-order chi connectivity index (χ0) is 38.9. The van der Waals surface area contributed by atoms with Gasteiger partial charge in [-0.3, -0.25) is 0 Å². The van der Waals surface area contributed by atoms with Gasteiger partial charge in [0.05, 0.1) is 16.4 Å². The number of para-hydroxylation sites is 1. The van der Waals surface area contributed by atoms with Crippen molar-refractivity contribution in [2.45, 2.75) is 5.41 Å². The fraction of sp³-hybridized carbons (Fsp3) is 0.0175. The van der Waals surface area contributed by atoms with Gasteiger partial charge in [0.15, 0.2) is 0 Å². The van der Waals surface area contributed by atoms with Gasteiger partial charge in [-0.25, -0.2) is 0 Å². The number of nitrogens with zero attached hydrogens (tertiary/aromatic N) is 2. The van der Waals surface area contributed by atoms with E-state index in [1.807, 2.05) is 0 Å². The van der Waals surface area contributed by atoms with Gasteiger partial charge in [-0.1, -0.05) is 182 Å². The van der Waals surface area contributed by atoms with E-state index in [-0.39, 0.29) is 0 Å². The molecular weight excluding hydrogens is 713 g/mol. The zero-order valence-corrected chi connectivity index (χ0v) is 32.3. The number of benzene rings is 10. The van der Waals surface area contributed by atoms with Crippen molar-refractivity contribution >= 4 is 60.4 Å². The Bertz CT molecular complexity index is 3340. The summed E-state index contributed by atoms with van der Waals surface area (Å²) in [6.45, 7) is 0. The van der Waals surface area contributed by atoms with Crippen molar-refractivity contribution in [2.24, 2.45) is 0 Å². The van der Waals surface area contributed by atoms with E-state index >= 15 is 0 Å². The van der Waals surface area contributed by atoms with E-state index in [0.717, 1.165) is 22.7 Å². The molecule has 1 aliphatic rings. The molecule has 1 heterocycles. The van der Waals surface area contributed by atoms with Crippen molar-refractivity contribution < 1.29 is 0 Å². The topological polar surface area (TPSA) is 8.17 Å². The highest BCUT2D eigenvalue weighted by molar-refractivity contribution is 6.19. The first-order valence-corrected chi connectivity index (χ1v) is 20.4. The van der Waals surface area contributed by atoms with Crippen LogP contribution in [-0.4, -0.2) is 4.57 Å². The van der Waals surface area contributed by atoms with E-state index in [4.69, 9.17) is 0 Å². The Balaban J connectivity index is 1.16. The first kappa shape index (κ1) is 33.5. The summed E-state index contributed by atoms with van der Waals surface area (Å²) in [5.41, 5.74) is 14.0. The summed E-state index contributed by atoms with van der Waals surface area (Å²) in [5, 5.41) is 7.38. The molecule has 0 aliphatic heterocycles. The van der Waals surface area contributed by atoms with Gasteiger partial charge in [0.1, 0.15) is 0 Å². The lowest BCUT2D eigenvalue weighted by atomic mass is 9.67. The molecule has 2 nitrogen and oxygen atoms in total. The number of fused-ring (bicyclic) bond motifs is 9. The molecular formula is C57H38N2. The molecule has 10 aromatic carbocycles. The molecule has 0 N–H and O–H groups in total. The molecule has 1 aromatic heterocycles. The number of rotatable bonds is 6. The third-order valence-corrected chi connectivity index (χ3v) is 12.6. The Labute approximate surface area is 343 Å². The fourth-order valence-corrected chi connectivity index (χ4v) is 10.1. The van der Waals surface area contributed by atoms with Gasteiger partial charge in [-0.05, 0) is 98.1 Å². The van der Waals surface area contributed by atoms with Crippen molar-refractivity contribution in [1.82, 2.24) is 4.57 Å². The number of hydrogen-bond donors (Lipinski definition) is 0. The molecule has 59 heavy (non-hydrogen) atoms. The summed E-state index contributed by atoms with van der Waals surface area (Å²) < 4.78 is 2.46. The Morgan fingerprint density at radius 2 is 0.881 bits per heavy atom. The minimum atomic E-state index is -0.510. The smallest absolute Gasteiger partial charge is 0.0714 e. The fourth-order valence-electron chi connectivity index (χ4n) is 10.1. The van der Waals surface area contributed by atoms with Crippen LogP contribution in [0.3, 0.4) is 0 Å². The molecule has 12 rings (SSSR count). The van der Waals surface area contributed by atoms with Crippen LogP contribution < -0.4 is 4.90 Å². The van der Waals surface area contributed by atoms with Gasteiger partial charge in [-0.2, -0.15) is 0 Å². The van der Waals surface area contributed by atoms with E-state index < -0.39 is 5.41 Å². The molecule has 2 heteroatoms. The molecule has 0 spiro atoms. The van der Waals surface area contributed by atoms with E-state index in [0.29, 0.717) is 0 Å². The van der Waals surface area contributed by atoms with Crippen LogP contribution in [0.2, 0.25) is 0 Å². The second-order valence-electron chi connectivity index (χ2n) is 15.7.